The summed E-state index contributed by atoms with van der Waals surface area (Å²) in [5.41, 5.74) is 0.484. The molecule has 0 radical (unpaired) electrons. The van der Waals surface area contributed by atoms with Gasteiger partial charge in [-0.15, -0.1) is 0 Å². The van der Waals surface area contributed by atoms with Crippen molar-refractivity contribution in [1.29, 1.82) is 0 Å². The molecule has 1 nitrogen and oxygen atoms in total. The van der Waals surface area contributed by atoms with Gasteiger partial charge in [0.1, 0.15) is 0 Å². The van der Waals surface area contributed by atoms with Gasteiger partial charge in [0.15, 0.2) is 0 Å². The van der Waals surface area contributed by atoms with E-state index in [0.29, 0.717) is 5.41 Å². The van der Waals surface area contributed by atoms with Gasteiger partial charge in [0.25, 0.3) is 0 Å². The van der Waals surface area contributed by atoms with Crippen LogP contribution in [0.15, 0.2) is 11.1 Å². The van der Waals surface area contributed by atoms with Crippen LogP contribution in [0.25, 0.3) is 0 Å². The molecule has 82 valence electrons. The average molecular weight is 260 g/mol. The van der Waals surface area contributed by atoms with Crippen LogP contribution in [0.1, 0.15) is 33.6 Å². The maximum absolute atomic E-state index is 3.89. The normalized spacial score (nSPS) is 21.1. The SMILES string of the molecule is C=C(Br)CN1CCC(C(C)(C)C)CC1. The molecule has 0 aromatic carbocycles. The molecule has 0 saturated carbocycles. The van der Waals surface area contributed by atoms with Crippen molar-refractivity contribution in [2.75, 3.05) is 19.6 Å². The highest BCUT2D eigenvalue weighted by molar-refractivity contribution is 9.11. The molecular formula is C12H22BrN. The lowest BCUT2D eigenvalue weighted by Crippen LogP contribution is -2.38. The first-order valence-electron chi connectivity index (χ1n) is 5.45. The van der Waals surface area contributed by atoms with Crippen molar-refractivity contribution in [3.63, 3.8) is 0 Å². The summed E-state index contributed by atoms with van der Waals surface area (Å²) < 4.78 is 1.10. The predicted molar refractivity (Wildman–Crippen MR) is 66.7 cm³/mol. The lowest BCUT2D eigenvalue weighted by atomic mass is 9.75. The molecule has 1 fully saturated rings. The summed E-state index contributed by atoms with van der Waals surface area (Å²) in [7, 11) is 0. The van der Waals surface area contributed by atoms with E-state index in [1.165, 1.54) is 25.9 Å². The van der Waals surface area contributed by atoms with Crippen LogP contribution >= 0.6 is 15.9 Å². The third-order valence-corrected chi connectivity index (χ3v) is 3.46. The first kappa shape index (κ1) is 12.3. The Morgan fingerprint density at radius 3 is 2.21 bits per heavy atom. The van der Waals surface area contributed by atoms with Crippen LogP contribution in [-0.4, -0.2) is 24.5 Å². The second-order valence-electron chi connectivity index (χ2n) is 5.43. The van der Waals surface area contributed by atoms with Crippen molar-refractivity contribution in [2.45, 2.75) is 33.6 Å². The van der Waals surface area contributed by atoms with E-state index < -0.39 is 0 Å². The number of hydrogen-bond donors (Lipinski definition) is 0. The summed E-state index contributed by atoms with van der Waals surface area (Å²) in [5.74, 6) is 0.891. The zero-order valence-electron chi connectivity index (χ0n) is 9.65. The van der Waals surface area contributed by atoms with Crippen molar-refractivity contribution in [1.82, 2.24) is 4.90 Å². The fourth-order valence-corrected chi connectivity index (χ4v) is 2.55. The molecular weight excluding hydrogens is 238 g/mol. The fraction of sp³-hybridized carbons (Fsp3) is 0.833. The van der Waals surface area contributed by atoms with Gasteiger partial charge in [0, 0.05) is 11.0 Å². The van der Waals surface area contributed by atoms with Crippen molar-refractivity contribution in [3.8, 4) is 0 Å². The van der Waals surface area contributed by atoms with Crippen molar-refractivity contribution in [2.24, 2.45) is 11.3 Å². The second kappa shape index (κ2) is 4.80. The molecule has 1 saturated heterocycles. The van der Waals surface area contributed by atoms with Gasteiger partial charge in [-0.05, 0) is 37.3 Å². The van der Waals surface area contributed by atoms with E-state index in [4.69, 9.17) is 0 Å². The van der Waals surface area contributed by atoms with Gasteiger partial charge in [0.05, 0.1) is 0 Å². The number of likely N-dealkylation sites (tertiary alicyclic amines) is 1. The number of piperidine rings is 1. The minimum Gasteiger partial charge on any atom is -0.299 e. The molecule has 14 heavy (non-hydrogen) atoms. The van der Waals surface area contributed by atoms with Crippen LogP contribution in [-0.2, 0) is 0 Å². The molecule has 2 heteroatoms. The Morgan fingerprint density at radius 1 is 1.36 bits per heavy atom. The summed E-state index contributed by atoms with van der Waals surface area (Å²) in [6.07, 6.45) is 2.67. The second-order valence-corrected chi connectivity index (χ2v) is 6.56. The molecule has 0 aromatic rings. The molecule has 0 atom stereocenters. The number of halogens is 1. The van der Waals surface area contributed by atoms with E-state index in [2.05, 4.69) is 48.2 Å². The maximum Gasteiger partial charge on any atom is 0.0293 e. The first-order chi connectivity index (χ1) is 6.39. The minimum absolute atomic E-state index is 0.484. The Bertz CT molecular complexity index is 197. The summed E-state index contributed by atoms with van der Waals surface area (Å²) in [5, 5.41) is 0. The molecule has 0 amide bonds. The average Bonchev–Trinajstić information content (AvgIpc) is 2.02. The monoisotopic (exact) mass is 259 g/mol. The van der Waals surface area contributed by atoms with E-state index in [9.17, 15) is 0 Å². The van der Waals surface area contributed by atoms with E-state index in [0.717, 1.165) is 16.9 Å². The highest BCUT2D eigenvalue weighted by atomic mass is 79.9. The molecule has 0 spiro atoms. The molecule has 1 rings (SSSR count). The van der Waals surface area contributed by atoms with Gasteiger partial charge in [0.2, 0.25) is 0 Å². The number of hydrogen-bond acceptors (Lipinski definition) is 1. The summed E-state index contributed by atoms with van der Waals surface area (Å²) in [6, 6.07) is 0. The van der Waals surface area contributed by atoms with Crippen molar-refractivity contribution < 1.29 is 0 Å². The van der Waals surface area contributed by atoms with Gasteiger partial charge in [-0.2, -0.15) is 0 Å². The van der Waals surface area contributed by atoms with Crippen molar-refractivity contribution in [3.05, 3.63) is 11.1 Å². The van der Waals surface area contributed by atoms with E-state index in [1.54, 1.807) is 0 Å². The summed E-state index contributed by atoms with van der Waals surface area (Å²) in [6.45, 7) is 14.4. The molecule has 1 aliphatic rings. The number of rotatable bonds is 2. The lowest BCUT2D eigenvalue weighted by Gasteiger charge is -2.38. The number of nitrogens with zero attached hydrogens (tertiary/aromatic N) is 1. The first-order valence-corrected chi connectivity index (χ1v) is 6.24. The van der Waals surface area contributed by atoms with Crippen LogP contribution in [0.2, 0.25) is 0 Å². The highest BCUT2D eigenvalue weighted by Crippen LogP contribution is 2.34. The standard InChI is InChI=1S/C12H22BrN/c1-10(13)9-14-7-5-11(6-8-14)12(2,3)4/h11H,1,5-9H2,2-4H3. The largest absolute Gasteiger partial charge is 0.299 e. The maximum atomic E-state index is 3.89. The third-order valence-electron chi connectivity index (χ3n) is 3.21. The van der Waals surface area contributed by atoms with Crippen LogP contribution in [0.3, 0.4) is 0 Å². The molecule has 1 aliphatic heterocycles. The Balaban J connectivity index is 2.35. The molecule has 0 N–H and O–H groups in total. The topological polar surface area (TPSA) is 3.24 Å². The smallest absolute Gasteiger partial charge is 0.0293 e. The summed E-state index contributed by atoms with van der Waals surface area (Å²) in [4.78, 5) is 2.49. The Kier molecular flexibility index (Phi) is 4.20. The quantitative estimate of drug-likeness (QED) is 0.732. The molecule has 0 bridgehead atoms. The van der Waals surface area contributed by atoms with Gasteiger partial charge in [-0.25, -0.2) is 0 Å². The molecule has 0 aliphatic carbocycles. The van der Waals surface area contributed by atoms with Crippen LogP contribution in [0.4, 0.5) is 0 Å². The highest BCUT2D eigenvalue weighted by Gasteiger charge is 2.28. The fourth-order valence-electron chi connectivity index (χ4n) is 2.20. The van der Waals surface area contributed by atoms with Gasteiger partial charge in [-0.1, -0.05) is 43.3 Å². The lowest BCUT2D eigenvalue weighted by molar-refractivity contribution is 0.120. The molecule has 0 unspecified atom stereocenters. The van der Waals surface area contributed by atoms with Crippen LogP contribution in [0, 0.1) is 11.3 Å². The third kappa shape index (κ3) is 3.74. The molecule has 1 heterocycles. The van der Waals surface area contributed by atoms with E-state index in [-0.39, 0.29) is 0 Å². The molecule has 0 aromatic heterocycles. The van der Waals surface area contributed by atoms with E-state index in [1.807, 2.05) is 0 Å². The van der Waals surface area contributed by atoms with Crippen LogP contribution < -0.4 is 0 Å². The van der Waals surface area contributed by atoms with Gasteiger partial charge in [-0.3, -0.25) is 4.90 Å². The van der Waals surface area contributed by atoms with Crippen molar-refractivity contribution >= 4 is 15.9 Å². The van der Waals surface area contributed by atoms with Gasteiger partial charge >= 0.3 is 0 Å². The zero-order valence-corrected chi connectivity index (χ0v) is 11.2. The summed E-state index contributed by atoms with van der Waals surface area (Å²) >= 11 is 3.43. The predicted octanol–water partition coefficient (Wildman–Crippen LogP) is 3.65. The van der Waals surface area contributed by atoms with E-state index >= 15 is 0 Å². The zero-order chi connectivity index (χ0) is 10.8. The Labute approximate surface area is 96.7 Å². The Hall–Kier alpha value is 0.180. The Morgan fingerprint density at radius 2 is 1.86 bits per heavy atom. The van der Waals surface area contributed by atoms with Crippen LogP contribution in [0.5, 0.6) is 0 Å². The minimum atomic E-state index is 0.484. The van der Waals surface area contributed by atoms with Gasteiger partial charge < -0.3 is 0 Å².